The first-order chi connectivity index (χ1) is 8.93. The summed E-state index contributed by atoms with van der Waals surface area (Å²) < 4.78 is 0. The van der Waals surface area contributed by atoms with E-state index in [1.807, 2.05) is 29.9 Å². The maximum Gasteiger partial charge on any atom is 0.143 e. The van der Waals surface area contributed by atoms with Gasteiger partial charge in [-0.1, -0.05) is 18.2 Å². The van der Waals surface area contributed by atoms with Gasteiger partial charge in [0.15, 0.2) is 0 Å². The summed E-state index contributed by atoms with van der Waals surface area (Å²) in [5.41, 5.74) is 3.13. The van der Waals surface area contributed by atoms with Gasteiger partial charge in [-0.05, 0) is 12.1 Å². The van der Waals surface area contributed by atoms with Crippen LogP contribution in [0.15, 0.2) is 48.1 Å². The van der Waals surface area contributed by atoms with Gasteiger partial charge in [0.05, 0.1) is 5.52 Å². The second kappa shape index (κ2) is 3.65. The fourth-order valence-electron chi connectivity index (χ4n) is 2.28. The van der Waals surface area contributed by atoms with Crippen LogP contribution in [0, 0.1) is 0 Å². The summed E-state index contributed by atoms with van der Waals surface area (Å²) in [6, 6.07) is 10.3. The Hall–Kier alpha value is -2.20. The zero-order valence-electron chi connectivity index (χ0n) is 9.42. The molecular weight excluding hydrogens is 242 g/mol. The van der Waals surface area contributed by atoms with Gasteiger partial charge in [0.1, 0.15) is 10.7 Å². The second-order valence-corrected chi connectivity index (χ2v) is 4.98. The molecule has 3 aromatic heterocycles. The standard InChI is InChI=1S/C14H9N3S/c1-2-4-11-9(3-1)10-5-6-15-13(12(10)17-11)14-16-7-8-18-14/h1-8,17H. The highest BCUT2D eigenvalue weighted by atomic mass is 32.1. The van der Waals surface area contributed by atoms with E-state index < -0.39 is 0 Å². The van der Waals surface area contributed by atoms with Crippen LogP contribution in [0.4, 0.5) is 0 Å². The second-order valence-electron chi connectivity index (χ2n) is 4.09. The fraction of sp³-hybridized carbons (Fsp3) is 0. The Labute approximate surface area is 107 Å². The van der Waals surface area contributed by atoms with Crippen LogP contribution in [0.5, 0.6) is 0 Å². The van der Waals surface area contributed by atoms with Gasteiger partial charge in [0.25, 0.3) is 0 Å². The molecule has 0 amide bonds. The fourth-order valence-corrected chi connectivity index (χ4v) is 2.92. The van der Waals surface area contributed by atoms with Crippen molar-refractivity contribution in [3.63, 3.8) is 0 Å². The highest BCUT2D eigenvalue weighted by Gasteiger charge is 2.11. The van der Waals surface area contributed by atoms with Crippen LogP contribution in [0.3, 0.4) is 0 Å². The molecular formula is C14H9N3S. The number of hydrogen-bond donors (Lipinski definition) is 1. The minimum Gasteiger partial charge on any atom is -0.353 e. The summed E-state index contributed by atoms with van der Waals surface area (Å²) in [5.74, 6) is 0. The third-order valence-corrected chi connectivity index (χ3v) is 3.84. The van der Waals surface area contributed by atoms with E-state index in [0.717, 1.165) is 21.7 Å². The largest absolute Gasteiger partial charge is 0.353 e. The molecule has 0 aliphatic heterocycles. The van der Waals surface area contributed by atoms with E-state index in [1.165, 1.54) is 10.8 Å². The normalized spacial score (nSPS) is 11.3. The van der Waals surface area contributed by atoms with E-state index in [1.54, 1.807) is 11.3 Å². The Morgan fingerprint density at radius 1 is 0.944 bits per heavy atom. The van der Waals surface area contributed by atoms with Crippen molar-refractivity contribution in [1.82, 2.24) is 15.0 Å². The summed E-state index contributed by atoms with van der Waals surface area (Å²) in [4.78, 5) is 12.2. The van der Waals surface area contributed by atoms with Crippen LogP contribution in [-0.2, 0) is 0 Å². The number of H-pyrrole nitrogens is 1. The van der Waals surface area contributed by atoms with Crippen LogP contribution in [0.2, 0.25) is 0 Å². The van der Waals surface area contributed by atoms with E-state index in [4.69, 9.17) is 0 Å². The molecule has 4 rings (SSSR count). The van der Waals surface area contributed by atoms with Gasteiger partial charge in [-0.15, -0.1) is 11.3 Å². The van der Waals surface area contributed by atoms with Gasteiger partial charge in [0, 0.05) is 34.1 Å². The number of nitrogens with one attached hydrogen (secondary N) is 1. The van der Waals surface area contributed by atoms with E-state index in [-0.39, 0.29) is 0 Å². The zero-order chi connectivity index (χ0) is 11.9. The number of para-hydroxylation sites is 1. The number of pyridine rings is 1. The van der Waals surface area contributed by atoms with Gasteiger partial charge in [-0.25, -0.2) is 4.98 Å². The number of rotatable bonds is 1. The van der Waals surface area contributed by atoms with Crippen LogP contribution in [0.1, 0.15) is 0 Å². The van der Waals surface area contributed by atoms with E-state index in [0.29, 0.717) is 0 Å². The minimum absolute atomic E-state index is 0.929. The number of thiazole rings is 1. The lowest BCUT2D eigenvalue weighted by Gasteiger charge is -1.97. The summed E-state index contributed by atoms with van der Waals surface area (Å²) in [5, 5.41) is 5.35. The molecule has 3 nitrogen and oxygen atoms in total. The smallest absolute Gasteiger partial charge is 0.143 e. The average Bonchev–Trinajstić information content (AvgIpc) is 3.05. The third kappa shape index (κ3) is 1.29. The van der Waals surface area contributed by atoms with Crippen LogP contribution in [0.25, 0.3) is 32.5 Å². The Morgan fingerprint density at radius 3 is 2.78 bits per heavy atom. The van der Waals surface area contributed by atoms with Crippen LogP contribution in [-0.4, -0.2) is 15.0 Å². The van der Waals surface area contributed by atoms with Gasteiger partial charge in [-0.3, -0.25) is 4.98 Å². The first-order valence-electron chi connectivity index (χ1n) is 5.69. The SMILES string of the molecule is c1ccc2c(c1)[nH]c1c(-c3nccs3)nccc12. The molecule has 86 valence electrons. The van der Waals surface area contributed by atoms with Crippen LogP contribution >= 0.6 is 11.3 Å². The third-order valence-electron chi connectivity index (χ3n) is 3.06. The predicted molar refractivity (Wildman–Crippen MR) is 74.7 cm³/mol. The lowest BCUT2D eigenvalue weighted by molar-refractivity contribution is 1.30. The average molecular weight is 251 g/mol. The maximum atomic E-state index is 4.46. The van der Waals surface area contributed by atoms with E-state index in [9.17, 15) is 0 Å². The van der Waals surface area contributed by atoms with Gasteiger partial charge >= 0.3 is 0 Å². The van der Waals surface area contributed by atoms with Gasteiger partial charge in [0.2, 0.25) is 0 Å². The molecule has 0 saturated carbocycles. The summed E-state index contributed by atoms with van der Waals surface area (Å²) in [6.07, 6.45) is 3.66. The molecule has 0 saturated heterocycles. The Bertz CT molecular complexity index is 831. The molecule has 0 spiro atoms. The number of aromatic nitrogens is 3. The quantitative estimate of drug-likeness (QED) is 0.558. The summed E-state index contributed by atoms with van der Waals surface area (Å²) in [7, 11) is 0. The Kier molecular flexibility index (Phi) is 1.98. The van der Waals surface area contributed by atoms with Gasteiger partial charge < -0.3 is 4.98 Å². The molecule has 0 atom stereocenters. The van der Waals surface area contributed by atoms with Crippen molar-refractivity contribution >= 4 is 33.1 Å². The molecule has 0 aliphatic carbocycles. The number of aromatic amines is 1. The molecule has 1 aromatic carbocycles. The summed E-state index contributed by atoms with van der Waals surface area (Å²) >= 11 is 1.61. The molecule has 4 aromatic rings. The Morgan fingerprint density at radius 2 is 1.89 bits per heavy atom. The molecule has 0 bridgehead atoms. The zero-order valence-corrected chi connectivity index (χ0v) is 10.2. The number of nitrogens with zero attached hydrogens (tertiary/aromatic N) is 2. The van der Waals surface area contributed by atoms with Gasteiger partial charge in [-0.2, -0.15) is 0 Å². The molecule has 3 heterocycles. The Balaban J connectivity index is 2.17. The lowest BCUT2D eigenvalue weighted by Crippen LogP contribution is -1.83. The van der Waals surface area contributed by atoms with Crippen molar-refractivity contribution in [1.29, 1.82) is 0 Å². The van der Waals surface area contributed by atoms with Crippen molar-refractivity contribution in [3.05, 3.63) is 48.1 Å². The molecule has 0 fully saturated rings. The van der Waals surface area contributed by atoms with Crippen LogP contribution < -0.4 is 0 Å². The summed E-state index contributed by atoms with van der Waals surface area (Å²) in [6.45, 7) is 0. The monoisotopic (exact) mass is 251 g/mol. The first-order valence-corrected chi connectivity index (χ1v) is 6.57. The van der Waals surface area contributed by atoms with E-state index >= 15 is 0 Å². The molecule has 18 heavy (non-hydrogen) atoms. The molecule has 4 heteroatoms. The van der Waals surface area contributed by atoms with Crippen molar-refractivity contribution in [3.8, 4) is 10.7 Å². The number of benzene rings is 1. The molecule has 0 radical (unpaired) electrons. The lowest BCUT2D eigenvalue weighted by atomic mass is 10.2. The maximum absolute atomic E-state index is 4.46. The number of hydrogen-bond acceptors (Lipinski definition) is 3. The molecule has 0 unspecified atom stereocenters. The van der Waals surface area contributed by atoms with Crippen molar-refractivity contribution in [2.75, 3.05) is 0 Å². The van der Waals surface area contributed by atoms with Crippen molar-refractivity contribution < 1.29 is 0 Å². The number of fused-ring (bicyclic) bond motifs is 3. The van der Waals surface area contributed by atoms with Crippen molar-refractivity contribution in [2.45, 2.75) is 0 Å². The first kappa shape index (κ1) is 9.79. The minimum atomic E-state index is 0.929. The topological polar surface area (TPSA) is 41.6 Å². The highest BCUT2D eigenvalue weighted by molar-refractivity contribution is 7.13. The molecule has 0 aliphatic rings. The van der Waals surface area contributed by atoms with Crippen molar-refractivity contribution in [2.24, 2.45) is 0 Å². The predicted octanol–water partition coefficient (Wildman–Crippen LogP) is 3.84. The molecule has 1 N–H and O–H groups in total. The van der Waals surface area contributed by atoms with E-state index in [2.05, 4.69) is 33.2 Å². The highest BCUT2D eigenvalue weighted by Crippen LogP contribution is 2.31.